The molecule has 0 unspecified atom stereocenters. The number of nitrogens with zero attached hydrogens (tertiary/aromatic N) is 4. The van der Waals surface area contributed by atoms with Crippen LogP contribution in [-0.4, -0.2) is 70.1 Å². The van der Waals surface area contributed by atoms with E-state index in [1.165, 1.54) is 12.1 Å². The molecule has 15 heteroatoms. The zero-order valence-electron chi connectivity index (χ0n) is 39.3. The van der Waals surface area contributed by atoms with E-state index in [0.717, 1.165) is 35.1 Å². The van der Waals surface area contributed by atoms with Crippen molar-refractivity contribution in [2.75, 3.05) is 26.6 Å². The van der Waals surface area contributed by atoms with Crippen LogP contribution in [0, 0.1) is 39.2 Å². The van der Waals surface area contributed by atoms with Crippen LogP contribution >= 0.6 is 0 Å². The first kappa shape index (κ1) is 48.5. The number of allylic oxidation sites excluding steroid dienone is 1. The summed E-state index contributed by atoms with van der Waals surface area (Å²) in [6.07, 6.45) is 8.17. The molecule has 71 heavy (non-hydrogen) atoms. The highest BCUT2D eigenvalue weighted by molar-refractivity contribution is 6.03. The van der Waals surface area contributed by atoms with Gasteiger partial charge in [-0.1, -0.05) is 72.6 Å². The number of aliphatic hydroxyl groups excluding tert-OH is 2. The molecule has 2 aliphatic carbocycles. The Morgan fingerprint density at radius 3 is 2.41 bits per heavy atom. The minimum Gasteiger partial charge on any atom is -0.459 e. The van der Waals surface area contributed by atoms with Crippen molar-refractivity contribution < 1.29 is 48.5 Å². The lowest BCUT2D eigenvalue weighted by Crippen LogP contribution is -2.70. The zero-order valence-corrected chi connectivity index (χ0v) is 39.3. The Labute approximate surface area is 412 Å². The molecule has 0 aromatic heterocycles. The number of aliphatic hydroxyl groups is 2. The van der Waals surface area contributed by atoms with Crippen LogP contribution in [-0.2, 0) is 22.7 Å². The molecule has 0 radical (unpaired) electrons. The van der Waals surface area contributed by atoms with Crippen molar-refractivity contribution in [3.8, 4) is 34.8 Å². The van der Waals surface area contributed by atoms with E-state index in [9.17, 15) is 25.6 Å². The van der Waals surface area contributed by atoms with Crippen molar-refractivity contribution in [3.05, 3.63) is 177 Å². The first-order valence-corrected chi connectivity index (χ1v) is 24.1. The molecule has 2 aliphatic heterocycles. The zero-order chi connectivity index (χ0) is 49.3. The van der Waals surface area contributed by atoms with Crippen LogP contribution in [0.1, 0.15) is 83.5 Å². The van der Waals surface area contributed by atoms with Crippen molar-refractivity contribution in [3.63, 3.8) is 0 Å². The number of non-ortho nitro benzene ring substituents is 1. The van der Waals surface area contributed by atoms with Gasteiger partial charge < -0.3 is 43.6 Å². The molecular weight excluding hydrogens is 905 g/mol. The Kier molecular flexibility index (Phi) is 15.1. The average molecular weight is 961 g/mol. The van der Waals surface area contributed by atoms with Gasteiger partial charge >= 0.3 is 0 Å². The van der Waals surface area contributed by atoms with E-state index in [1.54, 1.807) is 53.4 Å². The Balaban J connectivity index is 1.26. The molecule has 0 spiro atoms. The van der Waals surface area contributed by atoms with Gasteiger partial charge in [-0.05, 0) is 115 Å². The molecule has 0 saturated heterocycles. The third-order valence-electron chi connectivity index (χ3n) is 13.8. The summed E-state index contributed by atoms with van der Waals surface area (Å²) in [7, 11) is 0. The molecule has 366 valence electrons. The number of ether oxygens (including phenoxy) is 5. The molecule has 6 atom stereocenters. The molecule has 1 saturated carbocycles. The van der Waals surface area contributed by atoms with Gasteiger partial charge in [0, 0.05) is 49.3 Å². The van der Waals surface area contributed by atoms with Crippen LogP contribution in [0.5, 0.6) is 28.7 Å². The van der Waals surface area contributed by atoms with Gasteiger partial charge in [0.1, 0.15) is 29.9 Å². The van der Waals surface area contributed by atoms with Crippen molar-refractivity contribution in [1.82, 2.24) is 4.90 Å². The first-order chi connectivity index (χ1) is 34.7. The fourth-order valence-corrected chi connectivity index (χ4v) is 10.7. The lowest BCUT2D eigenvalue weighted by molar-refractivity contribution is -0.384. The summed E-state index contributed by atoms with van der Waals surface area (Å²) in [5.74, 6) is -0.723. The van der Waals surface area contributed by atoms with Gasteiger partial charge in [-0.25, -0.2) is 0 Å². The second kappa shape index (κ2) is 22.1. The molecule has 4 aliphatic rings. The average Bonchev–Trinajstić information content (AvgIpc) is 3.87. The number of benzene rings is 5. The number of carbonyl (C=O) groups excluding carboxylic acids is 1. The topological polar surface area (TPSA) is 195 Å². The maximum absolute atomic E-state index is 15.6. The standard InChI is InChI=1S/C56H56N4O11/c1-2-27-68-56-52(59(55(63)40-20-17-37(33-57)18-21-40)34-39-19-23-50-51(28-39)67-36-66-50)32-48(58-69-35-38-11-4-3-5-12-38)46-29-41(13-6-8-25-61)45(16-7-9-26-62)53(54(46)56)47-31-44(22-24-49(47)71-56)70-43-15-10-14-42(30-43)60(64)65/h2-5,10-12,14-15,17-24,28-31,41,45,52-54,61-62H,1,6-9,13,16,25-27,32,34-36H2/t41-,45+,52-,53+,54+,56+/m0/s1. The summed E-state index contributed by atoms with van der Waals surface area (Å²) in [6, 6.07) is 34.7. The predicted molar refractivity (Wildman–Crippen MR) is 263 cm³/mol. The minimum atomic E-state index is -1.59. The van der Waals surface area contributed by atoms with Crippen LogP contribution < -0.4 is 18.9 Å². The van der Waals surface area contributed by atoms with E-state index in [4.69, 9.17) is 33.7 Å². The Morgan fingerprint density at radius 2 is 1.65 bits per heavy atom. The maximum Gasteiger partial charge on any atom is 0.273 e. The first-order valence-electron chi connectivity index (χ1n) is 24.1. The van der Waals surface area contributed by atoms with E-state index in [0.29, 0.717) is 65.5 Å². The fourth-order valence-electron chi connectivity index (χ4n) is 10.7. The van der Waals surface area contributed by atoms with Gasteiger partial charge in [0.2, 0.25) is 12.6 Å². The summed E-state index contributed by atoms with van der Waals surface area (Å²) in [5, 5.41) is 46.6. The maximum atomic E-state index is 15.6. The van der Waals surface area contributed by atoms with Gasteiger partial charge in [0.05, 0.1) is 40.9 Å². The number of hydrogen-bond donors (Lipinski definition) is 2. The molecular formula is C56H56N4O11. The summed E-state index contributed by atoms with van der Waals surface area (Å²) in [5.41, 5.74) is 4.57. The lowest BCUT2D eigenvalue weighted by Gasteiger charge is -2.60. The number of nitriles is 1. The van der Waals surface area contributed by atoms with E-state index in [-0.39, 0.29) is 81.3 Å². The van der Waals surface area contributed by atoms with Crippen molar-refractivity contribution in [2.24, 2.45) is 22.9 Å². The van der Waals surface area contributed by atoms with Gasteiger partial charge in [0.25, 0.3) is 11.6 Å². The Morgan fingerprint density at radius 1 is 0.887 bits per heavy atom. The quantitative estimate of drug-likeness (QED) is 0.0306. The smallest absolute Gasteiger partial charge is 0.273 e. The summed E-state index contributed by atoms with van der Waals surface area (Å²) in [6.45, 7) is 4.50. The summed E-state index contributed by atoms with van der Waals surface area (Å²) < 4.78 is 32.6. The van der Waals surface area contributed by atoms with Gasteiger partial charge in [-0.3, -0.25) is 14.9 Å². The molecule has 2 heterocycles. The van der Waals surface area contributed by atoms with Crippen LogP contribution in [0.3, 0.4) is 0 Å². The molecule has 5 aromatic carbocycles. The summed E-state index contributed by atoms with van der Waals surface area (Å²) in [4.78, 5) is 34.9. The third kappa shape index (κ3) is 10.4. The van der Waals surface area contributed by atoms with Crippen molar-refractivity contribution in [1.29, 1.82) is 5.26 Å². The number of hydrogen-bond acceptors (Lipinski definition) is 13. The van der Waals surface area contributed by atoms with Gasteiger partial charge in [-0.2, -0.15) is 5.26 Å². The number of rotatable bonds is 21. The van der Waals surface area contributed by atoms with E-state index < -0.39 is 22.7 Å². The molecule has 2 N–H and O–H groups in total. The van der Waals surface area contributed by atoms with Crippen molar-refractivity contribution >= 4 is 17.3 Å². The largest absolute Gasteiger partial charge is 0.459 e. The monoisotopic (exact) mass is 960 g/mol. The van der Waals surface area contributed by atoms with E-state index in [1.807, 2.05) is 60.7 Å². The highest BCUT2D eigenvalue weighted by Gasteiger charge is 2.65. The second-order valence-electron chi connectivity index (χ2n) is 18.2. The van der Waals surface area contributed by atoms with Crippen molar-refractivity contribution in [2.45, 2.75) is 75.8 Å². The number of amides is 1. The fraction of sp³-hybridized carbons (Fsp3) is 0.339. The van der Waals surface area contributed by atoms with Crippen LogP contribution in [0.2, 0.25) is 0 Å². The molecule has 1 fully saturated rings. The molecule has 15 nitrogen and oxygen atoms in total. The van der Waals surface area contributed by atoms with Crippen LogP contribution in [0.15, 0.2) is 145 Å². The van der Waals surface area contributed by atoms with Crippen LogP contribution in [0.4, 0.5) is 5.69 Å². The summed E-state index contributed by atoms with van der Waals surface area (Å²) >= 11 is 0. The molecule has 1 amide bonds. The minimum absolute atomic E-state index is 0.0221. The molecule has 9 rings (SSSR count). The number of carbonyl (C=O) groups is 1. The number of nitro benzene ring substituents is 1. The predicted octanol–water partition coefficient (Wildman–Crippen LogP) is 10.2. The number of nitro groups is 1. The Bertz CT molecular complexity index is 2830. The molecule has 5 aromatic rings. The number of unbranched alkanes of at least 4 members (excludes halogenated alkanes) is 2. The SMILES string of the molecule is C=CCO[C@@]12Oc3ccc(Oc4cccc([N+](=O)[O-])c4)cc3[C@H]3[C@H](CCCCO)[C@@H](CCCCO)C=C(C(=NOCc4ccccc4)C[C@@H]1N(Cc1ccc4c(c1)OCO4)C(=O)c1ccc(C#N)cc1)[C@H]32. The van der Waals surface area contributed by atoms with E-state index in [2.05, 4.69) is 18.7 Å². The second-order valence-corrected chi connectivity index (χ2v) is 18.2. The highest BCUT2D eigenvalue weighted by Crippen LogP contribution is 2.62. The number of fused-ring (bicyclic) bond motifs is 3. The van der Waals surface area contributed by atoms with E-state index >= 15 is 4.79 Å². The molecule has 0 bridgehead atoms. The third-order valence-corrected chi connectivity index (χ3v) is 13.8. The number of oxime groups is 1. The Hall–Kier alpha value is -7.51. The van der Waals surface area contributed by atoms with Gasteiger partial charge in [0.15, 0.2) is 11.5 Å². The highest BCUT2D eigenvalue weighted by atomic mass is 16.7. The normalized spacial score (nSPS) is 22.0. The lowest BCUT2D eigenvalue weighted by atomic mass is 9.55. The van der Waals surface area contributed by atoms with Gasteiger partial charge in [-0.15, -0.1) is 6.58 Å². The van der Waals surface area contributed by atoms with Crippen LogP contribution in [0.25, 0.3) is 0 Å².